The monoisotopic (exact) mass is 434 g/mol. The summed E-state index contributed by atoms with van der Waals surface area (Å²) in [7, 11) is 0. The number of ether oxygens (including phenoxy) is 2. The molecule has 2 nitrogen and oxygen atoms in total. The summed E-state index contributed by atoms with van der Waals surface area (Å²) < 4.78 is 12.6. The van der Waals surface area contributed by atoms with Crippen molar-refractivity contribution in [2.45, 2.75) is 0 Å². The second-order valence-electron chi connectivity index (χ2n) is 8.95. The van der Waals surface area contributed by atoms with Gasteiger partial charge in [0, 0.05) is 21.9 Å². The van der Waals surface area contributed by atoms with Crippen LogP contribution in [0.3, 0.4) is 0 Å². The second-order valence-corrected chi connectivity index (χ2v) is 8.95. The van der Waals surface area contributed by atoms with Gasteiger partial charge in [0.25, 0.3) is 0 Å². The van der Waals surface area contributed by atoms with E-state index in [0.717, 1.165) is 45.3 Å². The Labute approximate surface area is 196 Å². The summed E-state index contributed by atoms with van der Waals surface area (Å²) in [4.78, 5) is 0. The van der Waals surface area contributed by atoms with E-state index in [0.29, 0.717) is 0 Å². The predicted octanol–water partition coefficient (Wildman–Crippen LogP) is 9.21. The van der Waals surface area contributed by atoms with Crippen LogP contribution >= 0.6 is 0 Å². The van der Waals surface area contributed by atoms with Gasteiger partial charge in [0.05, 0.1) is 0 Å². The van der Waals surface area contributed by atoms with E-state index in [2.05, 4.69) is 97.1 Å². The lowest BCUT2D eigenvalue weighted by molar-refractivity contribution is 0.486. The van der Waals surface area contributed by atoms with E-state index >= 15 is 0 Å². The molecule has 0 bridgehead atoms. The van der Waals surface area contributed by atoms with Crippen LogP contribution in [-0.4, -0.2) is 0 Å². The molecule has 2 aliphatic rings. The lowest BCUT2D eigenvalue weighted by Gasteiger charge is -2.23. The fourth-order valence-corrected chi connectivity index (χ4v) is 5.49. The average Bonchev–Trinajstić information content (AvgIpc) is 2.89. The van der Waals surface area contributed by atoms with Crippen LogP contribution in [0.15, 0.2) is 109 Å². The summed E-state index contributed by atoms with van der Waals surface area (Å²) >= 11 is 0. The zero-order valence-electron chi connectivity index (χ0n) is 18.2. The maximum atomic E-state index is 6.29. The van der Waals surface area contributed by atoms with Crippen LogP contribution in [0.25, 0.3) is 54.9 Å². The molecule has 158 valence electrons. The Balaban J connectivity index is 1.32. The first-order valence-electron chi connectivity index (χ1n) is 11.5. The highest BCUT2D eigenvalue weighted by Gasteiger charge is 2.22. The minimum atomic E-state index is 0.898. The van der Waals surface area contributed by atoms with Crippen molar-refractivity contribution in [3.05, 3.63) is 109 Å². The molecule has 6 aromatic rings. The van der Waals surface area contributed by atoms with Gasteiger partial charge in [-0.15, -0.1) is 0 Å². The fraction of sp³-hybridized carbons (Fsp3) is 0. The Bertz CT molecular complexity index is 1670. The van der Waals surface area contributed by atoms with Crippen LogP contribution in [0.5, 0.6) is 23.0 Å². The first kappa shape index (κ1) is 17.9. The fourth-order valence-electron chi connectivity index (χ4n) is 5.49. The average molecular weight is 434 g/mol. The highest BCUT2D eigenvalue weighted by molar-refractivity contribution is 6.06. The minimum absolute atomic E-state index is 0.898. The molecule has 0 radical (unpaired) electrons. The Kier molecular flexibility index (Phi) is 3.42. The molecule has 0 saturated carbocycles. The molecule has 34 heavy (non-hydrogen) atoms. The Morgan fingerprint density at radius 1 is 0.353 bits per heavy atom. The number of fused-ring (bicyclic) bond motifs is 4. The molecule has 0 N–H and O–H groups in total. The highest BCUT2D eigenvalue weighted by atomic mass is 16.5. The van der Waals surface area contributed by atoms with E-state index in [1.807, 2.05) is 12.1 Å². The first-order valence-corrected chi connectivity index (χ1v) is 11.5. The Hall–Kier alpha value is -4.56. The SMILES string of the molecule is c1cc2c3c(cccc3c1)-c1cc(-c3ccc4c(c3)-c3cccc5cccc(c35)O4)ccc1O2. The normalized spacial score (nSPS) is 12.6. The summed E-state index contributed by atoms with van der Waals surface area (Å²) in [5.74, 6) is 3.64. The van der Waals surface area contributed by atoms with Crippen LogP contribution in [0, 0.1) is 0 Å². The van der Waals surface area contributed by atoms with Crippen molar-refractivity contribution in [2.24, 2.45) is 0 Å². The van der Waals surface area contributed by atoms with Gasteiger partial charge in [0.1, 0.15) is 23.0 Å². The van der Waals surface area contributed by atoms with Gasteiger partial charge in [-0.05, 0) is 69.4 Å². The van der Waals surface area contributed by atoms with E-state index in [1.54, 1.807) is 0 Å². The zero-order valence-corrected chi connectivity index (χ0v) is 18.2. The van der Waals surface area contributed by atoms with Crippen molar-refractivity contribution in [2.75, 3.05) is 0 Å². The van der Waals surface area contributed by atoms with E-state index in [1.165, 1.54) is 32.7 Å². The molecule has 0 amide bonds. The van der Waals surface area contributed by atoms with Gasteiger partial charge in [0.2, 0.25) is 0 Å². The van der Waals surface area contributed by atoms with Crippen molar-refractivity contribution in [3.8, 4) is 56.4 Å². The molecule has 6 aromatic carbocycles. The molecule has 8 rings (SSSR count). The van der Waals surface area contributed by atoms with Gasteiger partial charge >= 0.3 is 0 Å². The summed E-state index contributed by atoms with van der Waals surface area (Å²) in [6, 6.07) is 38.4. The molecular formula is C32H18O2. The molecule has 0 unspecified atom stereocenters. The van der Waals surface area contributed by atoms with Crippen LogP contribution in [-0.2, 0) is 0 Å². The lowest BCUT2D eigenvalue weighted by Crippen LogP contribution is -1.98. The lowest BCUT2D eigenvalue weighted by atomic mass is 9.90. The number of rotatable bonds is 1. The minimum Gasteiger partial charge on any atom is -0.456 e. The third-order valence-corrected chi connectivity index (χ3v) is 7.05. The van der Waals surface area contributed by atoms with E-state index in [9.17, 15) is 0 Å². The molecule has 2 heteroatoms. The Morgan fingerprint density at radius 2 is 0.794 bits per heavy atom. The summed E-state index contributed by atoms with van der Waals surface area (Å²) in [6.45, 7) is 0. The van der Waals surface area contributed by atoms with E-state index < -0.39 is 0 Å². The predicted molar refractivity (Wildman–Crippen MR) is 138 cm³/mol. The maximum Gasteiger partial charge on any atom is 0.135 e. The van der Waals surface area contributed by atoms with Crippen LogP contribution in [0.1, 0.15) is 0 Å². The van der Waals surface area contributed by atoms with Gasteiger partial charge in [-0.25, -0.2) is 0 Å². The molecule has 2 heterocycles. The van der Waals surface area contributed by atoms with Gasteiger partial charge in [0.15, 0.2) is 0 Å². The maximum absolute atomic E-state index is 6.29. The summed E-state index contributed by atoms with van der Waals surface area (Å²) in [5.41, 5.74) is 7.01. The number of hydrogen-bond acceptors (Lipinski definition) is 2. The molecule has 0 atom stereocenters. The Morgan fingerprint density at radius 3 is 1.26 bits per heavy atom. The smallest absolute Gasteiger partial charge is 0.135 e. The van der Waals surface area contributed by atoms with E-state index in [-0.39, 0.29) is 0 Å². The molecular weight excluding hydrogens is 416 g/mol. The third-order valence-electron chi connectivity index (χ3n) is 7.05. The number of benzene rings is 6. The first-order chi connectivity index (χ1) is 16.8. The van der Waals surface area contributed by atoms with Crippen molar-refractivity contribution in [3.63, 3.8) is 0 Å². The van der Waals surface area contributed by atoms with Gasteiger partial charge in [-0.2, -0.15) is 0 Å². The van der Waals surface area contributed by atoms with Crippen LogP contribution in [0.4, 0.5) is 0 Å². The summed E-state index contributed by atoms with van der Waals surface area (Å²) in [5, 5.41) is 4.75. The highest BCUT2D eigenvalue weighted by Crippen LogP contribution is 2.49. The molecule has 2 aliphatic heterocycles. The number of hydrogen-bond donors (Lipinski definition) is 0. The molecule has 0 aliphatic carbocycles. The van der Waals surface area contributed by atoms with Crippen LogP contribution < -0.4 is 9.47 Å². The second kappa shape index (κ2) is 6.49. The molecule has 0 saturated heterocycles. The largest absolute Gasteiger partial charge is 0.456 e. The molecule has 0 spiro atoms. The molecule has 0 fully saturated rings. The van der Waals surface area contributed by atoms with Gasteiger partial charge < -0.3 is 9.47 Å². The van der Waals surface area contributed by atoms with Crippen LogP contribution in [0.2, 0.25) is 0 Å². The summed E-state index contributed by atoms with van der Waals surface area (Å²) in [6.07, 6.45) is 0. The van der Waals surface area contributed by atoms with Crippen molar-refractivity contribution in [1.29, 1.82) is 0 Å². The third kappa shape index (κ3) is 2.40. The van der Waals surface area contributed by atoms with Crippen molar-refractivity contribution in [1.82, 2.24) is 0 Å². The van der Waals surface area contributed by atoms with Gasteiger partial charge in [-0.3, -0.25) is 0 Å². The topological polar surface area (TPSA) is 18.5 Å². The van der Waals surface area contributed by atoms with Crippen molar-refractivity contribution < 1.29 is 9.47 Å². The standard InChI is InChI=1S/C32H18O2/c1-5-19-7-3-11-29-31(19)23(9-1)25-17-21(13-15-27(25)33-29)22-14-16-28-26(18-22)24-10-2-6-20-8-4-12-30(34-28)32(20)24/h1-18H. The quantitative estimate of drug-likeness (QED) is 0.256. The van der Waals surface area contributed by atoms with Gasteiger partial charge in [-0.1, -0.05) is 72.8 Å². The van der Waals surface area contributed by atoms with Crippen molar-refractivity contribution >= 4 is 21.5 Å². The molecule has 0 aromatic heterocycles. The zero-order chi connectivity index (χ0) is 22.2. The van der Waals surface area contributed by atoms with E-state index in [4.69, 9.17) is 9.47 Å².